The molecule has 0 fully saturated rings. The summed E-state index contributed by atoms with van der Waals surface area (Å²) < 4.78 is 5.89. The first-order valence-electron chi connectivity index (χ1n) is 12.1. The fraction of sp³-hybridized carbons (Fsp3) is 0.536. The van der Waals surface area contributed by atoms with Crippen LogP contribution < -0.4 is 4.74 Å². The van der Waals surface area contributed by atoms with Gasteiger partial charge in [-0.25, -0.2) is 0 Å². The van der Waals surface area contributed by atoms with Crippen LogP contribution in [0.2, 0.25) is 0 Å². The van der Waals surface area contributed by atoms with Crippen LogP contribution in [0.1, 0.15) is 102 Å². The Balaban J connectivity index is 1.58. The van der Waals surface area contributed by atoms with Crippen molar-refractivity contribution in [1.82, 2.24) is 0 Å². The van der Waals surface area contributed by atoms with Gasteiger partial charge in [0.2, 0.25) is 0 Å². The van der Waals surface area contributed by atoms with Gasteiger partial charge in [0.25, 0.3) is 0 Å². The Kier molecular flexibility index (Phi) is 11.9. The number of hydrogen-bond acceptors (Lipinski definition) is 2. The molecule has 0 aliphatic carbocycles. The lowest BCUT2D eigenvalue weighted by Crippen LogP contribution is -1.97. The van der Waals surface area contributed by atoms with Crippen LogP contribution in [0.5, 0.6) is 5.75 Å². The van der Waals surface area contributed by atoms with Crippen molar-refractivity contribution >= 4 is 11.9 Å². The number of ether oxygens (including phenoxy) is 1. The van der Waals surface area contributed by atoms with Gasteiger partial charge >= 0.3 is 0 Å². The molecule has 164 valence electrons. The second-order valence-electron chi connectivity index (χ2n) is 8.60. The molecule has 2 aromatic rings. The molecule has 2 nitrogen and oxygen atoms in total. The molecule has 0 aromatic heterocycles. The molecule has 2 heteroatoms. The van der Waals surface area contributed by atoms with E-state index in [9.17, 15) is 0 Å². The highest BCUT2D eigenvalue weighted by molar-refractivity contribution is 5.82. The van der Waals surface area contributed by atoms with Crippen molar-refractivity contribution in [3.05, 3.63) is 59.7 Å². The number of nitrogens with zero attached hydrogens (tertiary/aromatic N) is 1. The van der Waals surface area contributed by atoms with Crippen molar-refractivity contribution in [1.29, 1.82) is 0 Å². The maximum Gasteiger partial charge on any atom is 0.119 e. The Hall–Kier alpha value is -2.09. The minimum Gasteiger partial charge on any atom is -0.494 e. The summed E-state index contributed by atoms with van der Waals surface area (Å²) in [5.41, 5.74) is 3.42. The van der Waals surface area contributed by atoms with Gasteiger partial charge in [-0.05, 0) is 59.9 Å². The molecule has 0 radical (unpaired) electrons. The Morgan fingerprint density at radius 2 is 1.30 bits per heavy atom. The van der Waals surface area contributed by atoms with Crippen LogP contribution in [0, 0.1) is 0 Å². The number of rotatable bonds is 15. The zero-order chi connectivity index (χ0) is 21.4. The molecule has 0 saturated carbocycles. The van der Waals surface area contributed by atoms with E-state index in [1.807, 2.05) is 18.3 Å². The summed E-state index contributed by atoms with van der Waals surface area (Å²) in [6.45, 7) is 7.50. The zero-order valence-electron chi connectivity index (χ0n) is 19.4. The molecule has 0 unspecified atom stereocenters. The first-order valence-corrected chi connectivity index (χ1v) is 12.1. The minimum atomic E-state index is 0.552. The van der Waals surface area contributed by atoms with E-state index in [2.05, 4.69) is 62.2 Å². The van der Waals surface area contributed by atoms with Gasteiger partial charge in [0.05, 0.1) is 12.3 Å². The van der Waals surface area contributed by atoms with Gasteiger partial charge in [0, 0.05) is 6.21 Å². The van der Waals surface area contributed by atoms with Crippen LogP contribution in [0.25, 0.3) is 0 Å². The predicted octanol–water partition coefficient (Wildman–Crippen LogP) is 8.86. The molecule has 2 aromatic carbocycles. The predicted molar refractivity (Wildman–Crippen MR) is 132 cm³/mol. The highest BCUT2D eigenvalue weighted by Gasteiger charge is 1.99. The number of benzene rings is 2. The molecule has 0 aliphatic rings. The summed E-state index contributed by atoms with van der Waals surface area (Å²) in [5, 5.41) is 0. The smallest absolute Gasteiger partial charge is 0.119 e. The van der Waals surface area contributed by atoms with Gasteiger partial charge in [-0.1, -0.05) is 90.7 Å². The number of hydrogen-bond donors (Lipinski definition) is 0. The second kappa shape index (κ2) is 14.8. The van der Waals surface area contributed by atoms with E-state index in [1.54, 1.807) is 0 Å². The van der Waals surface area contributed by atoms with Gasteiger partial charge in [-0.3, -0.25) is 4.99 Å². The van der Waals surface area contributed by atoms with E-state index >= 15 is 0 Å². The summed E-state index contributed by atoms with van der Waals surface area (Å²) in [7, 11) is 0. The Bertz CT molecular complexity index is 700. The summed E-state index contributed by atoms with van der Waals surface area (Å²) in [6.07, 6.45) is 15.4. The second-order valence-corrected chi connectivity index (χ2v) is 8.60. The van der Waals surface area contributed by atoms with Crippen molar-refractivity contribution in [3.63, 3.8) is 0 Å². The van der Waals surface area contributed by atoms with E-state index in [1.165, 1.54) is 63.4 Å². The van der Waals surface area contributed by atoms with E-state index < -0.39 is 0 Å². The number of aliphatic imine (C=N–C) groups is 1. The van der Waals surface area contributed by atoms with Gasteiger partial charge < -0.3 is 4.74 Å². The van der Waals surface area contributed by atoms with Crippen molar-refractivity contribution in [2.24, 2.45) is 4.99 Å². The molecule has 0 spiro atoms. The van der Waals surface area contributed by atoms with E-state index in [0.29, 0.717) is 5.92 Å². The molecular formula is C28H41NO. The van der Waals surface area contributed by atoms with Gasteiger partial charge in [-0.15, -0.1) is 0 Å². The van der Waals surface area contributed by atoms with Gasteiger partial charge in [0.15, 0.2) is 0 Å². The third-order valence-electron chi connectivity index (χ3n) is 5.57. The highest BCUT2D eigenvalue weighted by atomic mass is 16.5. The zero-order valence-corrected chi connectivity index (χ0v) is 19.4. The molecule has 2 rings (SSSR count). The van der Waals surface area contributed by atoms with Crippen LogP contribution in [-0.4, -0.2) is 12.8 Å². The van der Waals surface area contributed by atoms with Crippen molar-refractivity contribution in [2.75, 3.05) is 6.61 Å². The van der Waals surface area contributed by atoms with Crippen LogP contribution in [0.4, 0.5) is 5.69 Å². The lowest BCUT2D eigenvalue weighted by Gasteiger charge is -2.07. The highest BCUT2D eigenvalue weighted by Crippen LogP contribution is 2.19. The summed E-state index contributed by atoms with van der Waals surface area (Å²) in [4.78, 5) is 4.57. The maximum atomic E-state index is 5.89. The Labute approximate surface area is 184 Å². The third kappa shape index (κ3) is 10.1. The SMILES string of the molecule is CCCCCCCCCCCCOc1ccc(C=Nc2ccc(C(C)C)cc2)cc1. The Morgan fingerprint density at radius 3 is 1.87 bits per heavy atom. The normalized spacial score (nSPS) is 11.5. The van der Waals surface area contributed by atoms with Gasteiger partial charge in [-0.2, -0.15) is 0 Å². The van der Waals surface area contributed by atoms with E-state index in [4.69, 9.17) is 4.74 Å². The molecule has 0 N–H and O–H groups in total. The number of unbranched alkanes of at least 4 members (excludes halogenated alkanes) is 9. The Morgan fingerprint density at radius 1 is 0.733 bits per heavy atom. The van der Waals surface area contributed by atoms with E-state index in [0.717, 1.165) is 30.0 Å². The quantitative estimate of drug-likeness (QED) is 0.213. The standard InChI is InChI=1S/C28H41NO/c1-4-5-6-7-8-9-10-11-12-13-22-30-28-20-14-25(15-21-28)23-29-27-18-16-26(17-19-27)24(2)3/h14-21,23-24H,4-13,22H2,1-3H3. The van der Waals surface area contributed by atoms with Crippen LogP contribution in [0.15, 0.2) is 53.5 Å². The molecule has 0 bridgehead atoms. The monoisotopic (exact) mass is 407 g/mol. The summed E-state index contributed by atoms with van der Waals surface area (Å²) in [5.74, 6) is 1.50. The van der Waals surface area contributed by atoms with Crippen LogP contribution >= 0.6 is 0 Å². The fourth-order valence-electron chi connectivity index (χ4n) is 3.52. The largest absolute Gasteiger partial charge is 0.494 e. The van der Waals surface area contributed by atoms with Crippen LogP contribution in [-0.2, 0) is 0 Å². The topological polar surface area (TPSA) is 21.6 Å². The lowest BCUT2D eigenvalue weighted by atomic mass is 10.0. The summed E-state index contributed by atoms with van der Waals surface area (Å²) >= 11 is 0. The molecule has 0 heterocycles. The third-order valence-corrected chi connectivity index (χ3v) is 5.57. The lowest BCUT2D eigenvalue weighted by molar-refractivity contribution is 0.304. The first kappa shape index (κ1) is 24.2. The van der Waals surface area contributed by atoms with Gasteiger partial charge in [0.1, 0.15) is 5.75 Å². The molecular weight excluding hydrogens is 366 g/mol. The van der Waals surface area contributed by atoms with E-state index in [-0.39, 0.29) is 0 Å². The average molecular weight is 408 g/mol. The van der Waals surface area contributed by atoms with Crippen molar-refractivity contribution in [3.8, 4) is 5.75 Å². The van der Waals surface area contributed by atoms with Crippen LogP contribution in [0.3, 0.4) is 0 Å². The summed E-state index contributed by atoms with van der Waals surface area (Å²) in [6, 6.07) is 16.7. The molecule has 0 saturated heterocycles. The molecule has 0 aliphatic heterocycles. The average Bonchev–Trinajstić information content (AvgIpc) is 2.77. The molecule has 0 amide bonds. The molecule has 0 atom stereocenters. The van der Waals surface area contributed by atoms with Crippen molar-refractivity contribution < 1.29 is 4.74 Å². The minimum absolute atomic E-state index is 0.552. The molecule has 30 heavy (non-hydrogen) atoms. The first-order chi connectivity index (χ1) is 14.7. The fourth-order valence-corrected chi connectivity index (χ4v) is 3.52. The maximum absolute atomic E-state index is 5.89. The van der Waals surface area contributed by atoms with Crippen molar-refractivity contribution in [2.45, 2.75) is 90.9 Å².